The highest BCUT2D eigenvalue weighted by Gasteiger charge is 2.31. The van der Waals surface area contributed by atoms with Crippen LogP contribution >= 0.6 is 22.6 Å². The largest absolute Gasteiger partial charge is 0.416 e. The minimum absolute atomic E-state index is 0.120. The van der Waals surface area contributed by atoms with E-state index in [4.69, 9.17) is 4.42 Å². The van der Waals surface area contributed by atoms with Gasteiger partial charge < -0.3 is 4.42 Å². The van der Waals surface area contributed by atoms with Crippen LogP contribution in [0, 0.1) is 9.71 Å². The number of hydrogen-bond acceptors (Lipinski definition) is 3. The number of nitrogens with zero attached hydrogens (tertiary/aromatic N) is 2. The molecule has 0 saturated heterocycles. The average Bonchev–Trinajstić information content (AvgIpc) is 2.63. The van der Waals surface area contributed by atoms with E-state index < -0.39 is 17.6 Å². The van der Waals surface area contributed by atoms with Crippen molar-refractivity contribution in [1.29, 1.82) is 0 Å². The molecule has 1 heterocycles. The summed E-state index contributed by atoms with van der Waals surface area (Å²) in [5, 5.41) is 6.89. The van der Waals surface area contributed by atoms with Crippen LogP contribution in [-0.4, -0.2) is 10.2 Å². The van der Waals surface area contributed by atoms with Crippen molar-refractivity contribution >= 4 is 22.6 Å². The maximum absolute atomic E-state index is 13.4. The molecule has 0 fully saturated rings. The molecule has 0 aliphatic carbocycles. The van der Waals surface area contributed by atoms with Gasteiger partial charge >= 0.3 is 6.18 Å². The summed E-state index contributed by atoms with van der Waals surface area (Å²) in [4.78, 5) is 0. The average molecular weight is 358 g/mol. The Morgan fingerprint density at radius 3 is 2.41 bits per heavy atom. The maximum Gasteiger partial charge on any atom is 0.416 e. The van der Waals surface area contributed by atoms with E-state index in [1.807, 2.05) is 0 Å². The maximum atomic E-state index is 13.4. The van der Waals surface area contributed by atoms with Crippen LogP contribution in [0.3, 0.4) is 0 Å². The number of benzene rings is 1. The van der Waals surface area contributed by atoms with E-state index in [-0.39, 0.29) is 15.4 Å². The molecule has 2 rings (SSSR count). The zero-order valence-corrected chi connectivity index (χ0v) is 10.1. The van der Waals surface area contributed by atoms with Gasteiger partial charge in [-0.25, -0.2) is 4.39 Å². The fraction of sp³-hybridized carbons (Fsp3) is 0.111. The van der Waals surface area contributed by atoms with E-state index in [9.17, 15) is 17.6 Å². The summed E-state index contributed by atoms with van der Waals surface area (Å²) >= 11 is 1.68. The van der Waals surface area contributed by atoms with E-state index >= 15 is 0 Å². The van der Waals surface area contributed by atoms with Gasteiger partial charge in [-0.1, -0.05) is 0 Å². The van der Waals surface area contributed by atoms with E-state index in [1.165, 1.54) is 0 Å². The van der Waals surface area contributed by atoms with E-state index in [2.05, 4.69) is 10.2 Å². The van der Waals surface area contributed by atoms with Crippen LogP contribution in [-0.2, 0) is 6.18 Å². The van der Waals surface area contributed by atoms with Gasteiger partial charge in [-0.15, -0.1) is 10.2 Å². The first-order chi connectivity index (χ1) is 7.88. The third kappa shape index (κ3) is 2.56. The van der Waals surface area contributed by atoms with Crippen molar-refractivity contribution in [3.63, 3.8) is 0 Å². The standard InChI is InChI=1S/C9H3F4IN2O/c10-6-2-1-4(9(11,12)13)3-5(6)7-15-16-8(14)17-7/h1-3H. The van der Waals surface area contributed by atoms with E-state index in [0.717, 1.165) is 6.07 Å². The Labute approximate surface area is 106 Å². The molecule has 8 heteroatoms. The lowest BCUT2D eigenvalue weighted by Gasteiger charge is -2.07. The van der Waals surface area contributed by atoms with Crippen LogP contribution in [0.5, 0.6) is 0 Å². The highest BCUT2D eigenvalue weighted by atomic mass is 127. The summed E-state index contributed by atoms with van der Waals surface area (Å²) in [6.45, 7) is 0. The van der Waals surface area contributed by atoms with Crippen molar-refractivity contribution in [2.75, 3.05) is 0 Å². The number of halogens is 5. The molecule has 17 heavy (non-hydrogen) atoms. The molecule has 0 radical (unpaired) electrons. The Morgan fingerprint density at radius 1 is 1.18 bits per heavy atom. The van der Waals surface area contributed by atoms with Gasteiger partial charge in [-0.2, -0.15) is 13.2 Å². The van der Waals surface area contributed by atoms with Gasteiger partial charge in [-0.05, 0) is 18.2 Å². The summed E-state index contributed by atoms with van der Waals surface area (Å²) in [5.74, 6) is -1.13. The first kappa shape index (κ1) is 12.3. The van der Waals surface area contributed by atoms with Crippen molar-refractivity contribution < 1.29 is 22.0 Å². The van der Waals surface area contributed by atoms with Crippen LogP contribution in [0.15, 0.2) is 22.6 Å². The van der Waals surface area contributed by atoms with Crippen LogP contribution in [0.25, 0.3) is 11.5 Å². The highest BCUT2D eigenvalue weighted by molar-refractivity contribution is 14.1. The number of rotatable bonds is 1. The Bertz CT molecular complexity index is 552. The fourth-order valence-electron chi connectivity index (χ4n) is 1.18. The molecule has 0 N–H and O–H groups in total. The SMILES string of the molecule is Fc1ccc(C(F)(F)F)cc1-c1nnc(I)o1. The fourth-order valence-corrected chi connectivity index (χ4v) is 1.50. The molecular weight excluding hydrogens is 355 g/mol. The first-order valence-electron chi connectivity index (χ1n) is 4.24. The molecule has 0 bridgehead atoms. The van der Waals surface area contributed by atoms with Crippen LogP contribution in [0.4, 0.5) is 17.6 Å². The number of alkyl halides is 3. The second-order valence-electron chi connectivity index (χ2n) is 3.05. The Hall–Kier alpha value is -1.19. The molecule has 90 valence electrons. The summed E-state index contributed by atoms with van der Waals surface area (Å²) in [5.41, 5.74) is -1.34. The smallest absolute Gasteiger partial charge is 0.412 e. The lowest BCUT2D eigenvalue weighted by Crippen LogP contribution is -2.05. The Morgan fingerprint density at radius 2 is 1.88 bits per heavy atom. The molecule has 0 spiro atoms. The molecule has 1 aromatic heterocycles. The van der Waals surface area contributed by atoms with Gasteiger partial charge in [0.1, 0.15) is 5.82 Å². The Kier molecular flexibility index (Phi) is 3.06. The van der Waals surface area contributed by atoms with Crippen molar-refractivity contribution in [1.82, 2.24) is 10.2 Å². The summed E-state index contributed by atoms with van der Waals surface area (Å²) < 4.78 is 55.6. The summed E-state index contributed by atoms with van der Waals surface area (Å²) in [6, 6.07) is 2.01. The minimum Gasteiger partial charge on any atom is -0.412 e. The highest BCUT2D eigenvalue weighted by Crippen LogP contribution is 2.33. The van der Waals surface area contributed by atoms with Crippen molar-refractivity contribution in [3.8, 4) is 11.5 Å². The van der Waals surface area contributed by atoms with Gasteiger partial charge in [0.05, 0.1) is 11.1 Å². The van der Waals surface area contributed by atoms with Gasteiger partial charge in [-0.3, -0.25) is 0 Å². The van der Waals surface area contributed by atoms with Crippen molar-refractivity contribution in [3.05, 3.63) is 33.5 Å². The molecule has 0 unspecified atom stereocenters. The molecule has 0 atom stereocenters. The van der Waals surface area contributed by atoms with Gasteiger partial charge in [0.25, 0.3) is 9.79 Å². The predicted octanol–water partition coefficient (Wildman–Crippen LogP) is 3.50. The third-order valence-corrected chi connectivity index (χ3v) is 2.36. The molecule has 3 nitrogen and oxygen atoms in total. The first-order valence-corrected chi connectivity index (χ1v) is 5.32. The second kappa shape index (κ2) is 4.24. The molecule has 0 aliphatic rings. The van der Waals surface area contributed by atoms with Crippen LogP contribution in [0.2, 0.25) is 0 Å². The van der Waals surface area contributed by atoms with Gasteiger partial charge in [0.2, 0.25) is 0 Å². The van der Waals surface area contributed by atoms with Gasteiger partial charge in [0.15, 0.2) is 0 Å². The minimum atomic E-state index is -4.55. The topological polar surface area (TPSA) is 38.9 Å². The zero-order chi connectivity index (χ0) is 12.6. The summed E-state index contributed by atoms with van der Waals surface area (Å²) in [7, 11) is 0. The van der Waals surface area contributed by atoms with Gasteiger partial charge in [0, 0.05) is 22.6 Å². The van der Waals surface area contributed by atoms with Crippen LogP contribution in [0.1, 0.15) is 5.56 Å². The predicted molar refractivity (Wildman–Crippen MR) is 57.4 cm³/mol. The normalized spacial score (nSPS) is 11.8. The third-order valence-electron chi connectivity index (χ3n) is 1.92. The molecule has 0 aliphatic heterocycles. The second-order valence-corrected chi connectivity index (χ2v) is 3.98. The van der Waals surface area contributed by atoms with Crippen molar-refractivity contribution in [2.24, 2.45) is 0 Å². The number of aromatic nitrogens is 2. The van der Waals surface area contributed by atoms with E-state index in [1.54, 1.807) is 22.6 Å². The van der Waals surface area contributed by atoms with Crippen molar-refractivity contribution in [2.45, 2.75) is 6.18 Å². The number of hydrogen-bond donors (Lipinski definition) is 0. The molecular formula is C9H3F4IN2O. The molecule has 2 aromatic rings. The van der Waals surface area contributed by atoms with E-state index in [0.29, 0.717) is 12.1 Å². The Balaban J connectivity index is 2.54. The zero-order valence-electron chi connectivity index (χ0n) is 7.92. The molecule has 1 aromatic carbocycles. The van der Waals surface area contributed by atoms with Crippen LogP contribution < -0.4 is 0 Å². The lowest BCUT2D eigenvalue weighted by atomic mass is 10.1. The molecule has 0 amide bonds. The molecule has 0 saturated carbocycles. The summed E-state index contributed by atoms with van der Waals surface area (Å²) in [6.07, 6.45) is -4.55. The quantitative estimate of drug-likeness (QED) is 0.579. The lowest BCUT2D eigenvalue weighted by molar-refractivity contribution is -0.137. The monoisotopic (exact) mass is 358 g/mol.